The van der Waals surface area contributed by atoms with Crippen molar-refractivity contribution in [2.24, 2.45) is 0 Å². The van der Waals surface area contributed by atoms with Crippen LogP contribution < -0.4 is 4.74 Å². The lowest BCUT2D eigenvalue weighted by Gasteiger charge is -2.07. The fraction of sp³-hybridized carbons (Fsp3) is 0.100. The third-order valence-corrected chi connectivity index (χ3v) is 4.39. The Morgan fingerprint density at radius 2 is 2.15 bits per heavy atom. The number of phenolic OH excluding ortho intramolecular Hbond substituents is 1. The molecule has 6 heteroatoms. The SMILES string of the molecule is COc1cc(/C=C(/C#N)C(=O)c2c[nH]c3cccc(C)c23)cc(Cl)c1O. The highest BCUT2D eigenvalue weighted by Crippen LogP contribution is 2.35. The number of phenols is 1. The summed E-state index contributed by atoms with van der Waals surface area (Å²) in [6.07, 6.45) is 3.03. The van der Waals surface area contributed by atoms with Gasteiger partial charge in [0.05, 0.1) is 12.1 Å². The number of halogens is 1. The lowest BCUT2D eigenvalue weighted by atomic mass is 9.99. The van der Waals surface area contributed by atoms with Gasteiger partial charge < -0.3 is 14.8 Å². The van der Waals surface area contributed by atoms with Gasteiger partial charge in [0.15, 0.2) is 11.5 Å². The number of methoxy groups -OCH3 is 1. The molecule has 0 aliphatic carbocycles. The van der Waals surface area contributed by atoms with E-state index in [0.717, 1.165) is 16.5 Å². The molecule has 1 heterocycles. The maximum Gasteiger partial charge on any atom is 0.205 e. The first kappa shape index (κ1) is 17.6. The van der Waals surface area contributed by atoms with Crippen molar-refractivity contribution in [1.82, 2.24) is 4.98 Å². The highest BCUT2D eigenvalue weighted by molar-refractivity contribution is 6.32. The van der Waals surface area contributed by atoms with E-state index >= 15 is 0 Å². The minimum Gasteiger partial charge on any atom is -0.503 e. The van der Waals surface area contributed by atoms with Gasteiger partial charge in [-0.05, 0) is 42.3 Å². The molecule has 3 aromatic rings. The molecule has 3 rings (SSSR count). The average molecular weight is 367 g/mol. The number of ether oxygens (including phenoxy) is 1. The number of aryl methyl sites for hydroxylation is 1. The Morgan fingerprint density at radius 1 is 1.38 bits per heavy atom. The van der Waals surface area contributed by atoms with E-state index in [2.05, 4.69) is 4.98 Å². The van der Waals surface area contributed by atoms with Gasteiger partial charge in [0, 0.05) is 22.7 Å². The van der Waals surface area contributed by atoms with Gasteiger partial charge in [-0.25, -0.2) is 0 Å². The molecule has 0 unspecified atom stereocenters. The van der Waals surface area contributed by atoms with Gasteiger partial charge in [0.25, 0.3) is 0 Å². The standard InChI is InChI=1S/C20H15ClN2O3/c1-11-4-3-5-16-18(11)14(10-23-16)19(24)13(9-22)6-12-7-15(21)20(25)17(8-12)26-2/h3-8,10,23,25H,1-2H3/b13-6-. The number of hydrogen-bond donors (Lipinski definition) is 2. The largest absolute Gasteiger partial charge is 0.503 e. The number of nitriles is 1. The lowest BCUT2D eigenvalue weighted by molar-refractivity contribution is 0.104. The van der Waals surface area contributed by atoms with Gasteiger partial charge in [-0.3, -0.25) is 4.79 Å². The molecule has 2 N–H and O–H groups in total. The second kappa shape index (κ2) is 6.95. The van der Waals surface area contributed by atoms with E-state index in [-0.39, 0.29) is 22.1 Å². The Morgan fingerprint density at radius 3 is 2.85 bits per heavy atom. The fourth-order valence-corrected chi connectivity index (χ4v) is 3.06. The molecule has 0 saturated heterocycles. The molecular formula is C20H15ClN2O3. The quantitative estimate of drug-likeness (QED) is 0.400. The first-order chi connectivity index (χ1) is 12.5. The van der Waals surface area contributed by atoms with Gasteiger partial charge in [-0.15, -0.1) is 0 Å². The number of nitrogens with zero attached hydrogens (tertiary/aromatic N) is 1. The van der Waals surface area contributed by atoms with Crippen LogP contribution in [0.2, 0.25) is 5.02 Å². The molecule has 0 amide bonds. The first-order valence-electron chi connectivity index (χ1n) is 7.76. The molecule has 0 spiro atoms. The molecule has 0 atom stereocenters. The number of rotatable bonds is 4. The van der Waals surface area contributed by atoms with Crippen molar-refractivity contribution < 1.29 is 14.6 Å². The average Bonchev–Trinajstić information content (AvgIpc) is 3.07. The molecule has 5 nitrogen and oxygen atoms in total. The van der Waals surface area contributed by atoms with Crippen molar-refractivity contribution in [2.75, 3.05) is 7.11 Å². The summed E-state index contributed by atoms with van der Waals surface area (Å²) in [6.45, 7) is 1.91. The van der Waals surface area contributed by atoms with E-state index in [9.17, 15) is 15.2 Å². The first-order valence-corrected chi connectivity index (χ1v) is 8.13. The molecular weight excluding hydrogens is 352 g/mol. The highest BCUT2D eigenvalue weighted by atomic mass is 35.5. The molecule has 0 radical (unpaired) electrons. The second-order valence-electron chi connectivity index (χ2n) is 5.75. The zero-order valence-electron chi connectivity index (χ0n) is 14.1. The van der Waals surface area contributed by atoms with Gasteiger partial charge in [0.2, 0.25) is 5.78 Å². The number of carbonyl (C=O) groups excluding carboxylic acids is 1. The molecule has 2 aromatic carbocycles. The van der Waals surface area contributed by atoms with Gasteiger partial charge in [0.1, 0.15) is 11.6 Å². The zero-order chi connectivity index (χ0) is 18.8. The Bertz CT molecular complexity index is 1090. The van der Waals surface area contributed by atoms with E-state index in [1.165, 1.54) is 25.3 Å². The number of aromatic nitrogens is 1. The van der Waals surface area contributed by atoms with Crippen molar-refractivity contribution >= 4 is 34.4 Å². The monoisotopic (exact) mass is 366 g/mol. The molecule has 1 aromatic heterocycles. The Labute approximate surface area is 155 Å². The molecule has 0 aliphatic rings. The van der Waals surface area contributed by atoms with Crippen LogP contribution in [0.3, 0.4) is 0 Å². The van der Waals surface area contributed by atoms with Crippen LogP contribution in [-0.2, 0) is 0 Å². The number of carbonyl (C=O) groups is 1. The molecule has 130 valence electrons. The number of aromatic hydroxyl groups is 1. The minimum atomic E-state index is -0.392. The summed E-state index contributed by atoms with van der Waals surface area (Å²) < 4.78 is 5.05. The highest BCUT2D eigenvalue weighted by Gasteiger charge is 2.18. The number of hydrogen-bond acceptors (Lipinski definition) is 4. The van der Waals surface area contributed by atoms with Crippen molar-refractivity contribution in [3.05, 3.63) is 63.8 Å². The number of ketones is 1. The molecule has 26 heavy (non-hydrogen) atoms. The van der Waals surface area contributed by atoms with Crippen LogP contribution in [0.4, 0.5) is 0 Å². The van der Waals surface area contributed by atoms with E-state index < -0.39 is 5.78 Å². The summed E-state index contributed by atoms with van der Waals surface area (Å²) in [5, 5.41) is 20.2. The predicted molar refractivity (Wildman–Crippen MR) is 101 cm³/mol. The van der Waals surface area contributed by atoms with E-state index in [4.69, 9.17) is 16.3 Å². The molecule has 0 bridgehead atoms. The Hall–Kier alpha value is -3.23. The lowest BCUT2D eigenvalue weighted by Crippen LogP contribution is -2.01. The topological polar surface area (TPSA) is 86.1 Å². The van der Waals surface area contributed by atoms with Crippen molar-refractivity contribution in [3.8, 4) is 17.6 Å². The number of H-pyrrole nitrogens is 1. The van der Waals surface area contributed by atoms with Gasteiger partial charge in [-0.2, -0.15) is 5.26 Å². The number of nitrogens with one attached hydrogen (secondary N) is 1. The molecule has 0 aliphatic heterocycles. The summed E-state index contributed by atoms with van der Waals surface area (Å²) in [5.74, 6) is -0.420. The number of benzene rings is 2. The number of aromatic amines is 1. The Balaban J connectivity index is 2.09. The van der Waals surface area contributed by atoms with Crippen LogP contribution in [0.15, 0.2) is 42.1 Å². The van der Waals surface area contributed by atoms with Crippen molar-refractivity contribution in [2.45, 2.75) is 6.92 Å². The van der Waals surface area contributed by atoms with Crippen LogP contribution in [0.25, 0.3) is 17.0 Å². The minimum absolute atomic E-state index is 0.0436. The molecule has 0 saturated carbocycles. The summed E-state index contributed by atoms with van der Waals surface area (Å²) in [6, 6.07) is 10.6. The Kier molecular flexibility index (Phi) is 4.70. The van der Waals surface area contributed by atoms with Crippen LogP contribution in [0, 0.1) is 18.3 Å². The normalized spacial score (nSPS) is 11.4. The number of Topliss-reactive ketones (excluding diaryl/α,β-unsaturated/α-hetero) is 1. The van der Waals surface area contributed by atoms with E-state index in [1.54, 1.807) is 6.20 Å². The van der Waals surface area contributed by atoms with Crippen LogP contribution in [0.1, 0.15) is 21.5 Å². The smallest absolute Gasteiger partial charge is 0.205 e. The van der Waals surface area contributed by atoms with Crippen LogP contribution >= 0.6 is 11.6 Å². The zero-order valence-corrected chi connectivity index (χ0v) is 14.9. The van der Waals surface area contributed by atoms with E-state index in [0.29, 0.717) is 11.1 Å². The summed E-state index contributed by atoms with van der Waals surface area (Å²) in [7, 11) is 1.39. The van der Waals surface area contributed by atoms with Crippen molar-refractivity contribution in [1.29, 1.82) is 5.26 Å². The summed E-state index contributed by atoms with van der Waals surface area (Å²) in [4.78, 5) is 15.9. The summed E-state index contributed by atoms with van der Waals surface area (Å²) in [5.41, 5.74) is 2.64. The predicted octanol–water partition coefficient (Wildman–Crippen LogP) is 4.63. The second-order valence-corrected chi connectivity index (χ2v) is 6.16. The van der Waals surface area contributed by atoms with Gasteiger partial charge in [-0.1, -0.05) is 23.7 Å². The fourth-order valence-electron chi connectivity index (χ4n) is 2.84. The van der Waals surface area contributed by atoms with E-state index in [1.807, 2.05) is 31.2 Å². The molecule has 0 fully saturated rings. The third kappa shape index (κ3) is 3.03. The summed E-state index contributed by atoms with van der Waals surface area (Å²) >= 11 is 5.97. The number of allylic oxidation sites excluding steroid dienone is 1. The van der Waals surface area contributed by atoms with Gasteiger partial charge >= 0.3 is 0 Å². The maximum absolute atomic E-state index is 12.9. The van der Waals surface area contributed by atoms with Crippen LogP contribution in [-0.4, -0.2) is 23.0 Å². The maximum atomic E-state index is 12.9. The number of fused-ring (bicyclic) bond motifs is 1. The van der Waals surface area contributed by atoms with Crippen LogP contribution in [0.5, 0.6) is 11.5 Å². The third-order valence-electron chi connectivity index (χ3n) is 4.11. The van der Waals surface area contributed by atoms with Crippen molar-refractivity contribution in [3.63, 3.8) is 0 Å².